The molecule has 2 heteroatoms. The van der Waals surface area contributed by atoms with Crippen molar-refractivity contribution in [3.63, 3.8) is 0 Å². The predicted octanol–water partition coefficient (Wildman–Crippen LogP) is 5.70. The number of halogens is 1. The van der Waals surface area contributed by atoms with Gasteiger partial charge in [-0.15, -0.1) is 0 Å². The van der Waals surface area contributed by atoms with E-state index in [4.69, 9.17) is 0 Å². The number of fused-ring (bicyclic) bond motifs is 1. The third kappa shape index (κ3) is 3.53. The highest BCUT2D eigenvalue weighted by Crippen LogP contribution is 2.46. The first-order valence-electron chi connectivity index (χ1n) is 9.08. The summed E-state index contributed by atoms with van der Waals surface area (Å²) in [5.41, 5.74) is 5.12. The van der Waals surface area contributed by atoms with Crippen LogP contribution in [0.15, 0.2) is 42.5 Å². The van der Waals surface area contributed by atoms with Gasteiger partial charge in [-0.3, -0.25) is 0 Å². The lowest BCUT2D eigenvalue weighted by Crippen LogP contribution is -2.34. The van der Waals surface area contributed by atoms with Crippen LogP contribution in [0.5, 0.6) is 0 Å². The molecule has 0 saturated carbocycles. The highest BCUT2D eigenvalue weighted by molar-refractivity contribution is 5.64. The summed E-state index contributed by atoms with van der Waals surface area (Å²) in [7, 11) is 0. The van der Waals surface area contributed by atoms with E-state index in [9.17, 15) is 9.18 Å². The molecule has 0 aliphatic heterocycles. The number of rotatable bonds is 4. The Hall–Kier alpha value is -1.96. The second kappa shape index (κ2) is 6.40. The molecule has 1 aliphatic carbocycles. The molecule has 0 amide bonds. The average Bonchev–Trinajstić information content (AvgIpc) is 2.58. The Morgan fingerprint density at radius 1 is 0.960 bits per heavy atom. The first kappa shape index (κ1) is 17.8. The zero-order valence-electron chi connectivity index (χ0n) is 15.6. The first-order chi connectivity index (χ1) is 11.7. The molecule has 0 spiro atoms. The van der Waals surface area contributed by atoms with E-state index in [1.807, 2.05) is 0 Å². The highest BCUT2D eigenvalue weighted by Gasteiger charge is 2.37. The number of hydrogen-bond donors (Lipinski definition) is 0. The van der Waals surface area contributed by atoms with Crippen LogP contribution in [0, 0.1) is 5.82 Å². The summed E-state index contributed by atoms with van der Waals surface area (Å²) in [6.45, 7) is 9.19. The summed E-state index contributed by atoms with van der Waals surface area (Å²) in [6, 6.07) is 13.0. The van der Waals surface area contributed by atoms with E-state index in [-0.39, 0.29) is 22.6 Å². The van der Waals surface area contributed by atoms with Crippen LogP contribution >= 0.6 is 0 Å². The maximum Gasteiger partial charge on any atom is 0.127 e. The van der Waals surface area contributed by atoms with Gasteiger partial charge in [0.15, 0.2) is 0 Å². The number of carbonyl (C=O) groups is 1. The van der Waals surface area contributed by atoms with Crippen LogP contribution in [0.2, 0.25) is 0 Å². The summed E-state index contributed by atoms with van der Waals surface area (Å²) in [5.74, 6) is -0.444. The van der Waals surface area contributed by atoms with Crippen molar-refractivity contribution in [1.82, 2.24) is 0 Å². The van der Waals surface area contributed by atoms with Gasteiger partial charge < -0.3 is 4.79 Å². The summed E-state index contributed by atoms with van der Waals surface area (Å²) in [5, 5.41) is 0. The topological polar surface area (TPSA) is 17.1 Å². The molecule has 0 bridgehead atoms. The molecule has 0 saturated heterocycles. The Labute approximate surface area is 150 Å². The molecule has 2 aromatic rings. The number of benzene rings is 2. The van der Waals surface area contributed by atoms with Crippen LogP contribution < -0.4 is 0 Å². The summed E-state index contributed by atoms with van der Waals surface area (Å²) >= 11 is 0. The van der Waals surface area contributed by atoms with Gasteiger partial charge in [0.25, 0.3) is 0 Å². The SMILES string of the molecule is CC1(C)CCC(C)(C)c2cc([C@@H](C=O)Cc3ccc(F)cc3)ccc21. The summed E-state index contributed by atoms with van der Waals surface area (Å²) in [4.78, 5) is 11.8. The van der Waals surface area contributed by atoms with Crippen molar-refractivity contribution in [2.24, 2.45) is 0 Å². The minimum absolute atomic E-state index is 0.129. The minimum Gasteiger partial charge on any atom is -0.303 e. The van der Waals surface area contributed by atoms with Crippen LogP contribution in [0.3, 0.4) is 0 Å². The second-order valence-electron chi connectivity index (χ2n) is 8.65. The van der Waals surface area contributed by atoms with E-state index >= 15 is 0 Å². The Bertz CT molecular complexity index is 771. The quantitative estimate of drug-likeness (QED) is 0.654. The first-order valence-corrected chi connectivity index (χ1v) is 9.08. The van der Waals surface area contributed by atoms with Crippen LogP contribution in [0.4, 0.5) is 4.39 Å². The van der Waals surface area contributed by atoms with Crippen molar-refractivity contribution in [1.29, 1.82) is 0 Å². The van der Waals surface area contributed by atoms with Crippen LogP contribution in [-0.2, 0) is 22.0 Å². The lowest BCUT2D eigenvalue weighted by atomic mass is 9.62. The Morgan fingerprint density at radius 3 is 2.16 bits per heavy atom. The fraction of sp³-hybridized carbons (Fsp3) is 0.435. The molecular formula is C23H27FO. The van der Waals surface area contributed by atoms with Crippen LogP contribution in [0.25, 0.3) is 0 Å². The molecule has 0 N–H and O–H groups in total. The lowest BCUT2D eigenvalue weighted by molar-refractivity contribution is -0.109. The third-order valence-electron chi connectivity index (χ3n) is 5.84. The van der Waals surface area contributed by atoms with Gasteiger partial charge in [-0.05, 0) is 64.5 Å². The summed E-state index contributed by atoms with van der Waals surface area (Å²) < 4.78 is 13.1. The smallest absolute Gasteiger partial charge is 0.127 e. The largest absolute Gasteiger partial charge is 0.303 e. The van der Waals surface area contributed by atoms with E-state index in [2.05, 4.69) is 45.9 Å². The van der Waals surface area contributed by atoms with Gasteiger partial charge in [0.2, 0.25) is 0 Å². The Morgan fingerprint density at radius 2 is 1.56 bits per heavy atom. The Balaban J connectivity index is 1.96. The molecule has 0 aromatic heterocycles. The van der Waals surface area contributed by atoms with Crippen molar-refractivity contribution < 1.29 is 9.18 Å². The highest BCUT2D eigenvalue weighted by atomic mass is 19.1. The fourth-order valence-corrected chi connectivity index (χ4v) is 3.96. The maximum absolute atomic E-state index is 13.1. The van der Waals surface area contributed by atoms with E-state index in [0.717, 1.165) is 23.8 Å². The molecule has 25 heavy (non-hydrogen) atoms. The second-order valence-corrected chi connectivity index (χ2v) is 8.65. The van der Waals surface area contributed by atoms with Gasteiger partial charge in [0, 0.05) is 5.92 Å². The van der Waals surface area contributed by atoms with Gasteiger partial charge in [0.05, 0.1) is 0 Å². The minimum atomic E-state index is -0.246. The number of hydrogen-bond acceptors (Lipinski definition) is 1. The maximum atomic E-state index is 13.1. The summed E-state index contributed by atoms with van der Waals surface area (Å²) in [6.07, 6.45) is 3.96. The standard InChI is InChI=1S/C23H27FO/c1-22(2)11-12-23(3,4)21-14-17(7-10-20(21)22)18(15-25)13-16-5-8-19(24)9-6-16/h5-10,14-15,18H,11-13H2,1-4H3/t18-/m1/s1. The van der Waals surface area contributed by atoms with E-state index in [1.54, 1.807) is 12.1 Å². The number of carbonyl (C=O) groups excluding carboxylic acids is 1. The molecule has 1 aliphatic rings. The van der Waals surface area contributed by atoms with E-state index < -0.39 is 0 Å². The van der Waals surface area contributed by atoms with Gasteiger partial charge in [-0.25, -0.2) is 4.39 Å². The van der Waals surface area contributed by atoms with Crippen LogP contribution in [0.1, 0.15) is 68.7 Å². The zero-order valence-corrected chi connectivity index (χ0v) is 15.6. The van der Waals surface area contributed by atoms with Gasteiger partial charge in [0.1, 0.15) is 12.1 Å². The van der Waals surface area contributed by atoms with E-state index in [1.165, 1.54) is 29.7 Å². The molecule has 1 atom stereocenters. The molecule has 2 aromatic carbocycles. The van der Waals surface area contributed by atoms with Crippen molar-refractivity contribution >= 4 is 6.29 Å². The lowest BCUT2D eigenvalue weighted by Gasteiger charge is -2.42. The molecule has 3 rings (SSSR count). The van der Waals surface area contributed by atoms with Crippen molar-refractivity contribution in [3.05, 3.63) is 70.5 Å². The molecule has 1 nitrogen and oxygen atoms in total. The van der Waals surface area contributed by atoms with Crippen molar-refractivity contribution in [3.8, 4) is 0 Å². The number of aldehydes is 1. The third-order valence-corrected chi connectivity index (χ3v) is 5.84. The van der Waals surface area contributed by atoms with Crippen molar-refractivity contribution in [2.45, 2.75) is 63.7 Å². The molecule has 0 heterocycles. The predicted molar refractivity (Wildman–Crippen MR) is 101 cm³/mol. The molecule has 0 fully saturated rings. The Kier molecular flexibility index (Phi) is 4.57. The fourth-order valence-electron chi connectivity index (χ4n) is 3.96. The van der Waals surface area contributed by atoms with Crippen molar-refractivity contribution in [2.75, 3.05) is 0 Å². The van der Waals surface area contributed by atoms with E-state index in [0.29, 0.717) is 6.42 Å². The normalized spacial score (nSPS) is 19.1. The molecule has 0 unspecified atom stereocenters. The van der Waals surface area contributed by atoms with Gasteiger partial charge in [-0.2, -0.15) is 0 Å². The molecule has 132 valence electrons. The zero-order chi connectivity index (χ0) is 18.2. The monoisotopic (exact) mass is 338 g/mol. The van der Waals surface area contributed by atoms with Gasteiger partial charge in [-0.1, -0.05) is 58.0 Å². The van der Waals surface area contributed by atoms with Gasteiger partial charge >= 0.3 is 0 Å². The molecule has 0 radical (unpaired) electrons. The van der Waals surface area contributed by atoms with Crippen LogP contribution in [-0.4, -0.2) is 6.29 Å². The molecular weight excluding hydrogens is 311 g/mol. The average molecular weight is 338 g/mol.